The van der Waals surface area contributed by atoms with E-state index in [0.29, 0.717) is 0 Å². The summed E-state index contributed by atoms with van der Waals surface area (Å²) in [5.41, 5.74) is 5.50. The van der Waals surface area contributed by atoms with Crippen molar-refractivity contribution in [2.45, 2.75) is 65.1 Å². The van der Waals surface area contributed by atoms with Crippen molar-refractivity contribution >= 4 is 8.07 Å². The van der Waals surface area contributed by atoms with Crippen LogP contribution in [0.5, 0.6) is 0 Å². The Labute approximate surface area is 91.1 Å². The van der Waals surface area contributed by atoms with Gasteiger partial charge in [0.2, 0.25) is 0 Å². The van der Waals surface area contributed by atoms with E-state index in [1.165, 1.54) is 5.20 Å². The average Bonchev–Trinajstić information content (AvgIpc) is 2.02. The molecule has 0 unspecified atom stereocenters. The highest BCUT2D eigenvalue weighted by molar-refractivity contribution is 6.89. The lowest BCUT2D eigenvalue weighted by Crippen LogP contribution is -2.45. The predicted octanol–water partition coefficient (Wildman–Crippen LogP) is 4.94. The van der Waals surface area contributed by atoms with Gasteiger partial charge in [0.15, 0.2) is 0 Å². The van der Waals surface area contributed by atoms with E-state index in [9.17, 15) is 0 Å². The maximum Gasteiger partial charge on any atom is 0.0985 e. The fourth-order valence-electron chi connectivity index (χ4n) is 3.45. The zero-order chi connectivity index (χ0) is 11.5. The number of hydrogen-bond donors (Lipinski definition) is 0. The van der Waals surface area contributed by atoms with E-state index in [1.54, 1.807) is 0 Å². The summed E-state index contributed by atoms with van der Waals surface area (Å²) in [6, 6.07) is 0. The molecule has 14 heavy (non-hydrogen) atoms. The van der Waals surface area contributed by atoms with Gasteiger partial charge in [-0.05, 0) is 28.7 Å². The summed E-state index contributed by atoms with van der Waals surface area (Å²) in [7, 11) is -1.39. The molecule has 0 aromatic heterocycles. The minimum Gasteiger partial charge on any atom is -0.134 e. The summed E-state index contributed by atoms with van der Waals surface area (Å²) in [5, 5.41) is 1.46. The molecule has 0 spiro atoms. The molecule has 1 heteroatoms. The Bertz CT molecular complexity index is 208. The van der Waals surface area contributed by atoms with Gasteiger partial charge >= 0.3 is 0 Å². The van der Waals surface area contributed by atoms with Gasteiger partial charge in [0.25, 0.3) is 0 Å². The smallest absolute Gasteiger partial charge is 0.0985 e. The summed E-state index contributed by atoms with van der Waals surface area (Å²) < 4.78 is 0. The van der Waals surface area contributed by atoms with Crippen LogP contribution in [0.25, 0.3) is 0 Å². The van der Waals surface area contributed by atoms with Crippen molar-refractivity contribution in [3.05, 3.63) is 17.5 Å². The molecule has 0 fully saturated rings. The predicted molar refractivity (Wildman–Crippen MR) is 69.4 cm³/mol. The Morgan fingerprint density at radius 1 is 0.929 bits per heavy atom. The van der Waals surface area contributed by atoms with Crippen LogP contribution in [-0.4, -0.2) is 8.07 Å². The minimum atomic E-state index is -1.39. The summed E-state index contributed by atoms with van der Waals surface area (Å²) in [6.07, 6.45) is 0. The maximum absolute atomic E-state index is 3.85. The summed E-state index contributed by atoms with van der Waals surface area (Å²) in [4.78, 5) is 0. The third-order valence-electron chi connectivity index (χ3n) is 3.78. The molecule has 0 amide bonds. The van der Waals surface area contributed by atoms with Crippen molar-refractivity contribution < 1.29 is 0 Å². The van der Waals surface area contributed by atoms with Crippen LogP contribution in [-0.2, 0) is 0 Å². The Hall–Kier alpha value is -0.263. The van der Waals surface area contributed by atoms with E-state index < -0.39 is 8.07 Å². The van der Waals surface area contributed by atoms with Gasteiger partial charge in [-0.3, -0.25) is 0 Å². The van der Waals surface area contributed by atoms with Crippen LogP contribution in [0, 0.1) is 0 Å². The molecule has 0 bridgehead atoms. The van der Waals surface area contributed by atoms with Crippen LogP contribution in [0.3, 0.4) is 0 Å². The maximum atomic E-state index is 3.85. The van der Waals surface area contributed by atoms with Crippen molar-refractivity contribution in [1.29, 1.82) is 0 Å². The van der Waals surface area contributed by atoms with Gasteiger partial charge in [0.1, 0.15) is 0 Å². The second kappa shape index (κ2) is 5.00. The minimum absolute atomic E-state index is 0.775. The van der Waals surface area contributed by atoms with E-state index in [4.69, 9.17) is 0 Å². The Kier molecular flexibility index (Phi) is 4.90. The van der Waals surface area contributed by atoms with Crippen molar-refractivity contribution in [2.24, 2.45) is 0 Å². The van der Waals surface area contributed by atoms with Crippen molar-refractivity contribution in [3.8, 4) is 0 Å². The fraction of sp³-hybridized carbons (Fsp3) is 0.769. The second-order valence-electron chi connectivity index (χ2n) is 5.20. The third-order valence-corrected chi connectivity index (χ3v) is 11.0. The molecule has 0 nitrogen and oxygen atoms in total. The summed E-state index contributed by atoms with van der Waals surface area (Å²) in [6.45, 7) is 20.3. The third kappa shape index (κ3) is 2.04. The molecule has 0 saturated carbocycles. The van der Waals surface area contributed by atoms with Crippen molar-refractivity contribution in [2.75, 3.05) is 0 Å². The van der Waals surface area contributed by atoms with Crippen molar-refractivity contribution in [3.63, 3.8) is 0 Å². The van der Waals surface area contributed by atoms with Gasteiger partial charge in [0.05, 0.1) is 8.07 Å². The molecule has 0 rings (SSSR count). The van der Waals surface area contributed by atoms with Gasteiger partial charge in [0, 0.05) is 0 Å². The van der Waals surface area contributed by atoms with Crippen LogP contribution in [0.2, 0.25) is 16.6 Å². The number of allylic oxidation sites excluding steroid dienone is 1. The molecule has 0 atom stereocenters. The zero-order valence-corrected chi connectivity index (χ0v) is 11.9. The van der Waals surface area contributed by atoms with E-state index in [2.05, 4.69) is 60.8 Å². The molecular weight excluding hydrogens is 184 g/mol. The topological polar surface area (TPSA) is 0 Å². The van der Waals surface area contributed by atoms with Crippen molar-refractivity contribution in [1.82, 2.24) is 0 Å². The SMILES string of the molecule is C=C=C(C)[Si](C(C)C)(C(C)C)C(C)C. The quantitative estimate of drug-likeness (QED) is 0.455. The highest BCUT2D eigenvalue weighted by Crippen LogP contribution is 2.45. The van der Waals surface area contributed by atoms with E-state index in [-0.39, 0.29) is 0 Å². The first-order valence-electron chi connectivity index (χ1n) is 5.68. The Morgan fingerprint density at radius 2 is 1.21 bits per heavy atom. The summed E-state index contributed by atoms with van der Waals surface area (Å²) in [5.74, 6) is 0. The monoisotopic (exact) mass is 210 g/mol. The lowest BCUT2D eigenvalue weighted by molar-refractivity contribution is 0.823. The van der Waals surface area contributed by atoms with Crippen LogP contribution in [0.1, 0.15) is 48.5 Å². The first-order valence-corrected chi connectivity index (χ1v) is 7.92. The highest BCUT2D eigenvalue weighted by Gasteiger charge is 2.44. The number of hydrogen-bond acceptors (Lipinski definition) is 0. The Balaban J connectivity index is 5.51. The molecule has 0 N–H and O–H groups in total. The largest absolute Gasteiger partial charge is 0.134 e. The molecule has 0 aliphatic heterocycles. The first kappa shape index (κ1) is 13.7. The molecule has 0 aliphatic rings. The standard InChI is InChI=1S/C13H26Si/c1-9-13(8)14(10(2)3,11(4)5)12(6)7/h10-12H,1H2,2-8H3. The van der Waals surface area contributed by atoms with E-state index in [0.717, 1.165) is 16.6 Å². The van der Waals surface area contributed by atoms with Crippen LogP contribution < -0.4 is 0 Å². The lowest BCUT2D eigenvalue weighted by atomic mass is 10.5. The lowest BCUT2D eigenvalue weighted by Gasteiger charge is -2.43. The molecule has 0 aromatic carbocycles. The van der Waals surface area contributed by atoms with Crippen LogP contribution in [0.15, 0.2) is 17.5 Å². The van der Waals surface area contributed by atoms with Gasteiger partial charge in [-0.1, -0.05) is 48.1 Å². The molecule has 0 heterocycles. The Morgan fingerprint density at radius 3 is 1.29 bits per heavy atom. The normalized spacial score (nSPS) is 12.4. The molecular formula is C13H26Si. The molecule has 0 aromatic rings. The van der Waals surface area contributed by atoms with Gasteiger partial charge in [-0.2, -0.15) is 0 Å². The van der Waals surface area contributed by atoms with Gasteiger partial charge in [-0.15, -0.1) is 5.73 Å². The molecule has 0 aliphatic carbocycles. The second-order valence-corrected chi connectivity index (χ2v) is 11.3. The molecule has 0 radical (unpaired) electrons. The number of rotatable bonds is 4. The van der Waals surface area contributed by atoms with E-state index >= 15 is 0 Å². The van der Waals surface area contributed by atoms with Crippen LogP contribution in [0.4, 0.5) is 0 Å². The first-order chi connectivity index (χ1) is 6.31. The van der Waals surface area contributed by atoms with Gasteiger partial charge in [-0.25, -0.2) is 0 Å². The average molecular weight is 210 g/mol. The molecule has 0 saturated heterocycles. The fourth-order valence-corrected chi connectivity index (χ4v) is 10.4. The van der Waals surface area contributed by atoms with Crippen LogP contribution >= 0.6 is 0 Å². The van der Waals surface area contributed by atoms with Gasteiger partial charge < -0.3 is 0 Å². The molecule has 82 valence electrons. The zero-order valence-electron chi connectivity index (χ0n) is 10.9. The summed E-state index contributed by atoms with van der Waals surface area (Å²) >= 11 is 0. The highest BCUT2D eigenvalue weighted by atomic mass is 28.3. The van der Waals surface area contributed by atoms with E-state index in [1.807, 2.05) is 0 Å².